The van der Waals surface area contributed by atoms with E-state index in [2.05, 4.69) is 15.3 Å². The molecule has 0 saturated heterocycles. The fourth-order valence-electron chi connectivity index (χ4n) is 2.32. The summed E-state index contributed by atoms with van der Waals surface area (Å²) >= 11 is 13.3. The van der Waals surface area contributed by atoms with Crippen LogP contribution in [0.1, 0.15) is 15.2 Å². The summed E-state index contributed by atoms with van der Waals surface area (Å²) in [6.07, 6.45) is 1.40. The lowest BCUT2D eigenvalue weighted by Gasteiger charge is -2.09. The second kappa shape index (κ2) is 7.39. The van der Waals surface area contributed by atoms with Gasteiger partial charge in [-0.3, -0.25) is 0 Å². The summed E-state index contributed by atoms with van der Waals surface area (Å²) in [6.45, 7) is 1.92. The van der Waals surface area contributed by atoms with Crippen molar-refractivity contribution in [3.8, 4) is 10.4 Å². The summed E-state index contributed by atoms with van der Waals surface area (Å²) in [7, 11) is 1.35. The molecule has 0 radical (unpaired) electrons. The number of nitrogens with zero attached hydrogens (tertiary/aromatic N) is 2. The highest BCUT2D eigenvalue weighted by Gasteiger charge is 2.23. The number of hydrogen-bond donors (Lipinski definition) is 1. The van der Waals surface area contributed by atoms with Gasteiger partial charge in [0.25, 0.3) is 0 Å². The molecule has 2 heterocycles. The maximum Gasteiger partial charge on any atom is 0.350 e. The standard InChI is InChI=1S/C17H13Cl2N3O2S/c1-9-12(21-15-11(18)8-20-17(19)22-15)14(16(23)24-2)25-13(9)10-6-4-3-5-7-10/h3-8H,1-2H3,(H,20,21,22). The average Bonchev–Trinajstić information content (AvgIpc) is 2.95. The fourth-order valence-corrected chi connectivity index (χ4v) is 3.77. The molecule has 128 valence electrons. The molecule has 0 amide bonds. The van der Waals surface area contributed by atoms with Crippen molar-refractivity contribution in [1.29, 1.82) is 0 Å². The molecule has 3 aromatic rings. The van der Waals surface area contributed by atoms with Crippen LogP contribution in [0.25, 0.3) is 10.4 Å². The summed E-state index contributed by atoms with van der Waals surface area (Å²) < 4.78 is 4.91. The van der Waals surface area contributed by atoms with Crippen molar-refractivity contribution in [2.75, 3.05) is 12.4 Å². The molecular formula is C17H13Cl2N3O2S. The Hall–Kier alpha value is -2.15. The van der Waals surface area contributed by atoms with Gasteiger partial charge in [-0.05, 0) is 29.7 Å². The van der Waals surface area contributed by atoms with Gasteiger partial charge in [0.1, 0.15) is 9.90 Å². The van der Waals surface area contributed by atoms with Crippen molar-refractivity contribution >= 4 is 52.0 Å². The summed E-state index contributed by atoms with van der Waals surface area (Å²) in [5.74, 6) is -0.110. The molecule has 0 aliphatic rings. The topological polar surface area (TPSA) is 64.1 Å². The highest BCUT2D eigenvalue weighted by atomic mass is 35.5. The molecule has 0 saturated carbocycles. The molecule has 0 bridgehead atoms. The molecule has 25 heavy (non-hydrogen) atoms. The molecule has 3 rings (SSSR count). The third-order valence-electron chi connectivity index (χ3n) is 3.51. The molecule has 0 aliphatic carbocycles. The zero-order valence-electron chi connectivity index (χ0n) is 13.3. The minimum atomic E-state index is -0.436. The van der Waals surface area contributed by atoms with E-state index in [9.17, 15) is 4.79 Å². The van der Waals surface area contributed by atoms with E-state index < -0.39 is 5.97 Å². The lowest BCUT2D eigenvalue weighted by Crippen LogP contribution is -2.04. The summed E-state index contributed by atoms with van der Waals surface area (Å²) in [4.78, 5) is 21.5. The second-order valence-electron chi connectivity index (χ2n) is 5.08. The number of carbonyl (C=O) groups is 1. The molecule has 5 nitrogen and oxygen atoms in total. The maximum absolute atomic E-state index is 12.2. The van der Waals surface area contributed by atoms with Crippen LogP contribution in [0.15, 0.2) is 36.5 Å². The molecule has 0 atom stereocenters. The number of anilines is 2. The van der Waals surface area contributed by atoms with E-state index in [-0.39, 0.29) is 5.28 Å². The highest BCUT2D eigenvalue weighted by molar-refractivity contribution is 7.18. The fraction of sp³-hybridized carbons (Fsp3) is 0.118. The third kappa shape index (κ3) is 3.61. The van der Waals surface area contributed by atoms with Crippen LogP contribution < -0.4 is 5.32 Å². The first-order valence-electron chi connectivity index (χ1n) is 7.23. The number of hydrogen-bond acceptors (Lipinski definition) is 6. The predicted octanol–water partition coefficient (Wildman–Crippen LogP) is 5.35. The SMILES string of the molecule is COC(=O)c1sc(-c2ccccc2)c(C)c1Nc1nc(Cl)ncc1Cl. The van der Waals surface area contributed by atoms with Crippen molar-refractivity contribution in [2.24, 2.45) is 0 Å². The van der Waals surface area contributed by atoms with Crippen LogP contribution >= 0.6 is 34.5 Å². The maximum atomic E-state index is 12.2. The van der Waals surface area contributed by atoms with Crippen molar-refractivity contribution in [3.05, 3.63) is 57.3 Å². The number of carbonyl (C=O) groups excluding carboxylic acids is 1. The number of halogens is 2. The van der Waals surface area contributed by atoms with Crippen LogP contribution in [0.2, 0.25) is 10.3 Å². The highest BCUT2D eigenvalue weighted by Crippen LogP contribution is 2.41. The number of nitrogens with one attached hydrogen (secondary N) is 1. The van der Waals surface area contributed by atoms with Gasteiger partial charge >= 0.3 is 5.97 Å². The number of esters is 1. The van der Waals surface area contributed by atoms with E-state index in [1.54, 1.807) is 0 Å². The summed E-state index contributed by atoms with van der Waals surface area (Å²) in [6, 6.07) is 9.80. The molecule has 0 aliphatic heterocycles. The first-order chi connectivity index (χ1) is 12.0. The Morgan fingerprint density at radius 2 is 1.96 bits per heavy atom. The number of thiophene rings is 1. The van der Waals surface area contributed by atoms with Gasteiger partial charge in [0.05, 0.1) is 19.0 Å². The van der Waals surface area contributed by atoms with Gasteiger partial charge < -0.3 is 10.1 Å². The Balaban J connectivity index is 2.12. The van der Waals surface area contributed by atoms with Crippen molar-refractivity contribution < 1.29 is 9.53 Å². The minimum absolute atomic E-state index is 0.0580. The van der Waals surface area contributed by atoms with Gasteiger partial charge in [0.15, 0.2) is 5.82 Å². The van der Waals surface area contributed by atoms with Crippen molar-refractivity contribution in [1.82, 2.24) is 9.97 Å². The Morgan fingerprint density at radius 1 is 1.24 bits per heavy atom. The van der Waals surface area contributed by atoms with E-state index in [1.807, 2.05) is 37.3 Å². The van der Waals surface area contributed by atoms with E-state index in [0.29, 0.717) is 21.4 Å². The van der Waals surface area contributed by atoms with Crippen molar-refractivity contribution in [3.63, 3.8) is 0 Å². The summed E-state index contributed by atoms with van der Waals surface area (Å²) in [5.41, 5.74) is 2.49. The van der Waals surface area contributed by atoms with Gasteiger partial charge in [-0.25, -0.2) is 9.78 Å². The Morgan fingerprint density at radius 3 is 2.64 bits per heavy atom. The van der Waals surface area contributed by atoms with Gasteiger partial charge in [0.2, 0.25) is 5.28 Å². The molecular weight excluding hydrogens is 381 g/mol. The lowest BCUT2D eigenvalue weighted by atomic mass is 10.1. The average molecular weight is 394 g/mol. The van der Waals surface area contributed by atoms with Gasteiger partial charge in [-0.2, -0.15) is 4.98 Å². The van der Waals surface area contributed by atoms with Crippen LogP contribution in [0.3, 0.4) is 0 Å². The van der Waals surface area contributed by atoms with Crippen molar-refractivity contribution in [2.45, 2.75) is 6.92 Å². The van der Waals surface area contributed by atoms with Gasteiger partial charge in [0, 0.05) is 4.88 Å². The normalized spacial score (nSPS) is 10.6. The van der Waals surface area contributed by atoms with E-state index in [1.165, 1.54) is 24.6 Å². The Labute approximate surface area is 158 Å². The third-order valence-corrected chi connectivity index (χ3v) is 5.29. The van der Waals surface area contributed by atoms with Crippen LogP contribution in [0.5, 0.6) is 0 Å². The smallest absolute Gasteiger partial charge is 0.350 e. The van der Waals surface area contributed by atoms with Crippen LogP contribution in [0.4, 0.5) is 11.5 Å². The molecule has 8 heteroatoms. The van der Waals surface area contributed by atoms with E-state index >= 15 is 0 Å². The second-order valence-corrected chi connectivity index (χ2v) is 6.84. The zero-order chi connectivity index (χ0) is 18.0. The Kier molecular flexibility index (Phi) is 5.22. The molecule has 2 aromatic heterocycles. The molecule has 0 fully saturated rings. The minimum Gasteiger partial charge on any atom is -0.465 e. The first-order valence-corrected chi connectivity index (χ1v) is 8.80. The monoisotopic (exact) mass is 393 g/mol. The van der Waals surface area contributed by atoms with Crippen LogP contribution in [0, 0.1) is 6.92 Å². The molecule has 1 N–H and O–H groups in total. The summed E-state index contributed by atoms with van der Waals surface area (Å²) in [5, 5.41) is 3.45. The van der Waals surface area contributed by atoms with Gasteiger partial charge in [-0.1, -0.05) is 41.9 Å². The largest absolute Gasteiger partial charge is 0.465 e. The molecule has 0 unspecified atom stereocenters. The number of benzene rings is 1. The molecule has 1 aromatic carbocycles. The number of methoxy groups -OCH3 is 1. The number of rotatable bonds is 4. The zero-order valence-corrected chi connectivity index (χ0v) is 15.7. The van der Waals surface area contributed by atoms with E-state index in [4.69, 9.17) is 27.9 Å². The predicted molar refractivity (Wildman–Crippen MR) is 101 cm³/mol. The quantitative estimate of drug-likeness (QED) is 0.477. The van der Waals surface area contributed by atoms with Crippen LogP contribution in [-0.4, -0.2) is 23.0 Å². The van der Waals surface area contributed by atoms with Gasteiger partial charge in [-0.15, -0.1) is 11.3 Å². The lowest BCUT2D eigenvalue weighted by molar-refractivity contribution is 0.0607. The first kappa shape index (κ1) is 17.7. The Bertz CT molecular complexity index is 929. The molecule has 0 spiro atoms. The number of ether oxygens (including phenoxy) is 1. The van der Waals surface area contributed by atoms with E-state index in [0.717, 1.165) is 16.0 Å². The van der Waals surface area contributed by atoms with Crippen LogP contribution in [-0.2, 0) is 4.74 Å². The number of aromatic nitrogens is 2.